The maximum absolute atomic E-state index is 3.84. The topological polar surface area (TPSA) is 15.3 Å². The molecule has 0 aromatic rings. The first-order valence-electron chi connectivity index (χ1n) is 8.01. The molecule has 18 heavy (non-hydrogen) atoms. The highest BCUT2D eigenvalue weighted by atomic mass is 15.3. The van der Waals surface area contributed by atoms with Crippen LogP contribution in [0.25, 0.3) is 0 Å². The van der Waals surface area contributed by atoms with Crippen molar-refractivity contribution in [3.63, 3.8) is 0 Å². The van der Waals surface area contributed by atoms with Gasteiger partial charge in [-0.05, 0) is 45.4 Å². The zero-order valence-corrected chi connectivity index (χ0v) is 12.9. The van der Waals surface area contributed by atoms with Crippen LogP contribution >= 0.6 is 0 Å². The number of rotatable bonds is 4. The van der Waals surface area contributed by atoms with Crippen molar-refractivity contribution in [1.82, 2.24) is 10.2 Å². The Balaban J connectivity index is 2.03. The maximum atomic E-state index is 3.84. The molecule has 0 bridgehead atoms. The van der Waals surface area contributed by atoms with Crippen molar-refractivity contribution in [3.05, 3.63) is 0 Å². The predicted octanol–water partition coefficient (Wildman–Crippen LogP) is 3.42. The third-order valence-electron chi connectivity index (χ3n) is 5.55. The molecule has 1 N–H and O–H groups in total. The fourth-order valence-corrected chi connectivity index (χ4v) is 3.69. The molecule has 0 aromatic heterocycles. The third-order valence-corrected chi connectivity index (χ3v) is 5.55. The quantitative estimate of drug-likeness (QED) is 0.825. The smallest absolute Gasteiger partial charge is 0.0304 e. The standard InChI is InChI=1S/C16H32N2/c1-5-16(6-2)13-18(15(3,4)12-17-16)11-14-9-7-8-10-14/h14,17H,5-13H2,1-4H3. The first kappa shape index (κ1) is 14.3. The van der Waals surface area contributed by atoms with Crippen molar-refractivity contribution < 1.29 is 0 Å². The van der Waals surface area contributed by atoms with Gasteiger partial charge in [-0.15, -0.1) is 0 Å². The molecule has 1 heterocycles. The van der Waals surface area contributed by atoms with Gasteiger partial charge in [-0.1, -0.05) is 26.7 Å². The fraction of sp³-hybridized carbons (Fsp3) is 1.00. The Morgan fingerprint density at radius 1 is 1.11 bits per heavy atom. The summed E-state index contributed by atoms with van der Waals surface area (Å²) in [6.07, 6.45) is 8.35. The Kier molecular flexibility index (Phi) is 4.38. The summed E-state index contributed by atoms with van der Waals surface area (Å²) in [5.41, 5.74) is 0.699. The van der Waals surface area contributed by atoms with Crippen LogP contribution in [0.4, 0.5) is 0 Å². The highest BCUT2D eigenvalue weighted by Gasteiger charge is 2.41. The van der Waals surface area contributed by atoms with Gasteiger partial charge in [0.15, 0.2) is 0 Å². The van der Waals surface area contributed by atoms with Gasteiger partial charge in [-0.3, -0.25) is 4.90 Å². The van der Waals surface area contributed by atoms with E-state index in [0.29, 0.717) is 11.1 Å². The molecule has 2 rings (SSSR count). The van der Waals surface area contributed by atoms with Crippen molar-refractivity contribution in [2.24, 2.45) is 5.92 Å². The first-order chi connectivity index (χ1) is 8.51. The van der Waals surface area contributed by atoms with E-state index in [1.54, 1.807) is 0 Å². The van der Waals surface area contributed by atoms with Gasteiger partial charge in [-0.25, -0.2) is 0 Å². The van der Waals surface area contributed by atoms with Crippen molar-refractivity contribution in [2.45, 2.75) is 77.3 Å². The van der Waals surface area contributed by atoms with Crippen molar-refractivity contribution in [2.75, 3.05) is 19.6 Å². The monoisotopic (exact) mass is 252 g/mol. The summed E-state index contributed by atoms with van der Waals surface area (Å²) < 4.78 is 0. The molecule has 0 amide bonds. The highest BCUT2D eigenvalue weighted by Crippen LogP contribution is 2.32. The van der Waals surface area contributed by atoms with E-state index in [-0.39, 0.29) is 0 Å². The van der Waals surface area contributed by atoms with Crippen LogP contribution < -0.4 is 5.32 Å². The summed E-state index contributed by atoms with van der Waals surface area (Å²) in [5.74, 6) is 0.966. The van der Waals surface area contributed by atoms with E-state index in [1.807, 2.05) is 0 Å². The van der Waals surface area contributed by atoms with Crippen LogP contribution in [-0.4, -0.2) is 35.6 Å². The van der Waals surface area contributed by atoms with E-state index in [2.05, 4.69) is 37.9 Å². The molecule has 2 nitrogen and oxygen atoms in total. The Morgan fingerprint density at radius 2 is 1.72 bits per heavy atom. The number of hydrogen-bond donors (Lipinski definition) is 1. The maximum Gasteiger partial charge on any atom is 0.0304 e. The Hall–Kier alpha value is -0.0800. The first-order valence-corrected chi connectivity index (χ1v) is 8.01. The van der Waals surface area contributed by atoms with Gasteiger partial charge < -0.3 is 5.32 Å². The number of piperazine rings is 1. The molecule has 1 saturated heterocycles. The van der Waals surface area contributed by atoms with Gasteiger partial charge >= 0.3 is 0 Å². The minimum atomic E-state index is 0.330. The number of nitrogens with zero attached hydrogens (tertiary/aromatic N) is 1. The number of hydrogen-bond acceptors (Lipinski definition) is 2. The van der Waals surface area contributed by atoms with E-state index in [1.165, 1.54) is 51.6 Å². The lowest BCUT2D eigenvalue weighted by molar-refractivity contribution is 0.0117. The minimum Gasteiger partial charge on any atom is -0.308 e. The zero-order chi connectivity index (χ0) is 13.2. The van der Waals surface area contributed by atoms with Crippen LogP contribution in [0, 0.1) is 5.92 Å². The number of nitrogens with one attached hydrogen (secondary N) is 1. The summed E-state index contributed by atoms with van der Waals surface area (Å²) in [6, 6.07) is 0. The van der Waals surface area contributed by atoms with Crippen LogP contribution in [0.3, 0.4) is 0 Å². The molecule has 1 aliphatic carbocycles. The van der Waals surface area contributed by atoms with Gasteiger partial charge in [0.05, 0.1) is 0 Å². The van der Waals surface area contributed by atoms with Crippen LogP contribution in [0.15, 0.2) is 0 Å². The van der Waals surface area contributed by atoms with Crippen LogP contribution in [0.1, 0.15) is 66.2 Å². The molecule has 106 valence electrons. The summed E-state index contributed by atoms with van der Waals surface area (Å²) in [4.78, 5) is 2.78. The Labute approximate surface area is 114 Å². The average Bonchev–Trinajstić information content (AvgIpc) is 2.85. The molecule has 2 aliphatic rings. The lowest BCUT2D eigenvalue weighted by atomic mass is 9.84. The predicted molar refractivity (Wildman–Crippen MR) is 78.9 cm³/mol. The van der Waals surface area contributed by atoms with Gasteiger partial charge in [0.1, 0.15) is 0 Å². The summed E-state index contributed by atoms with van der Waals surface area (Å²) in [7, 11) is 0. The van der Waals surface area contributed by atoms with Gasteiger partial charge in [0, 0.05) is 30.7 Å². The van der Waals surface area contributed by atoms with Crippen molar-refractivity contribution in [1.29, 1.82) is 0 Å². The average molecular weight is 252 g/mol. The van der Waals surface area contributed by atoms with Crippen LogP contribution in [0.5, 0.6) is 0 Å². The fourth-order valence-electron chi connectivity index (χ4n) is 3.69. The molecule has 2 heteroatoms. The summed E-state index contributed by atoms with van der Waals surface area (Å²) in [5, 5.41) is 3.84. The molecule has 0 unspecified atom stereocenters. The van der Waals surface area contributed by atoms with E-state index in [4.69, 9.17) is 0 Å². The molecule has 0 spiro atoms. The molecular weight excluding hydrogens is 220 g/mol. The van der Waals surface area contributed by atoms with Gasteiger partial charge in [0.2, 0.25) is 0 Å². The van der Waals surface area contributed by atoms with E-state index < -0.39 is 0 Å². The van der Waals surface area contributed by atoms with E-state index in [9.17, 15) is 0 Å². The normalized spacial score (nSPS) is 28.7. The zero-order valence-electron chi connectivity index (χ0n) is 12.9. The molecule has 0 aromatic carbocycles. The molecule has 0 atom stereocenters. The van der Waals surface area contributed by atoms with Crippen LogP contribution in [-0.2, 0) is 0 Å². The molecule has 2 fully saturated rings. The van der Waals surface area contributed by atoms with Crippen molar-refractivity contribution >= 4 is 0 Å². The molecule has 1 saturated carbocycles. The highest BCUT2D eigenvalue weighted by molar-refractivity contribution is 5.01. The molecular formula is C16H32N2. The lowest BCUT2D eigenvalue weighted by Gasteiger charge is -2.52. The largest absolute Gasteiger partial charge is 0.308 e. The third kappa shape index (κ3) is 2.91. The van der Waals surface area contributed by atoms with E-state index in [0.717, 1.165) is 12.5 Å². The second kappa shape index (κ2) is 5.50. The van der Waals surface area contributed by atoms with Crippen LogP contribution in [0.2, 0.25) is 0 Å². The summed E-state index contributed by atoms with van der Waals surface area (Å²) >= 11 is 0. The SMILES string of the molecule is CCC1(CC)CN(CC2CCCC2)C(C)(C)CN1. The minimum absolute atomic E-state index is 0.330. The van der Waals surface area contributed by atoms with Gasteiger partial charge in [0.25, 0.3) is 0 Å². The Morgan fingerprint density at radius 3 is 2.28 bits per heavy atom. The molecule has 0 radical (unpaired) electrons. The summed E-state index contributed by atoms with van der Waals surface area (Å²) in [6.45, 7) is 13.2. The lowest BCUT2D eigenvalue weighted by Crippen LogP contribution is -2.68. The second-order valence-corrected chi connectivity index (χ2v) is 7.18. The molecule has 1 aliphatic heterocycles. The van der Waals surface area contributed by atoms with Gasteiger partial charge in [-0.2, -0.15) is 0 Å². The van der Waals surface area contributed by atoms with Crippen molar-refractivity contribution in [3.8, 4) is 0 Å². The Bertz CT molecular complexity index is 262. The second-order valence-electron chi connectivity index (χ2n) is 7.18. The van der Waals surface area contributed by atoms with E-state index >= 15 is 0 Å².